The Morgan fingerprint density at radius 2 is 1.79 bits per heavy atom. The van der Waals surface area contributed by atoms with Gasteiger partial charge in [0.1, 0.15) is 0 Å². The van der Waals surface area contributed by atoms with Crippen molar-refractivity contribution in [2.45, 2.75) is 53.2 Å². The highest BCUT2D eigenvalue weighted by molar-refractivity contribution is 8.03. The summed E-state index contributed by atoms with van der Waals surface area (Å²) in [6, 6.07) is 19.5. The van der Waals surface area contributed by atoms with Crippen molar-refractivity contribution in [2.75, 3.05) is 18.8 Å². The van der Waals surface area contributed by atoms with Gasteiger partial charge in [0.15, 0.2) is 8.68 Å². The second-order valence-corrected chi connectivity index (χ2v) is 12.0. The van der Waals surface area contributed by atoms with Gasteiger partial charge in [-0.3, -0.25) is 9.69 Å². The van der Waals surface area contributed by atoms with Crippen molar-refractivity contribution >= 4 is 40.8 Å². The maximum Gasteiger partial charge on any atom is 0.230 e. The fraction of sp³-hybridized carbons (Fsp3) is 0.400. The minimum Gasteiger partial charge on any atom is -0.351 e. The number of likely N-dealkylation sites (tertiary alicyclic amines) is 1. The lowest BCUT2D eigenvalue weighted by Crippen LogP contribution is -2.37. The molecule has 33 heavy (non-hydrogen) atoms. The van der Waals surface area contributed by atoms with Crippen molar-refractivity contribution in [3.05, 3.63) is 71.3 Å². The number of thioether (sulfide) groups is 2. The Kier molecular flexibility index (Phi) is 8.83. The van der Waals surface area contributed by atoms with Crippen LogP contribution in [0, 0.1) is 0 Å². The molecule has 1 amide bonds. The predicted molar refractivity (Wildman–Crippen MR) is 139 cm³/mol. The highest BCUT2D eigenvalue weighted by atomic mass is 32.2. The first kappa shape index (κ1) is 24.3. The molecule has 3 aromatic rings. The monoisotopic (exact) mass is 498 g/mol. The fourth-order valence-electron chi connectivity index (χ4n) is 3.79. The SMILES string of the molecule is CC(C)c1ccc(CSc2nnc(SCC(=O)N[C@H]3CCN(Cc4ccccc4)C3)s2)cc1. The first-order valence-electron chi connectivity index (χ1n) is 11.3. The smallest absolute Gasteiger partial charge is 0.230 e. The van der Waals surface area contributed by atoms with Crippen LogP contribution in [0.2, 0.25) is 0 Å². The zero-order valence-corrected chi connectivity index (χ0v) is 21.5. The number of benzene rings is 2. The second-order valence-electron chi connectivity index (χ2n) is 8.58. The molecule has 1 N–H and O–H groups in total. The molecular formula is C25H30N4OS3. The number of aromatic nitrogens is 2. The van der Waals surface area contributed by atoms with Crippen LogP contribution in [0.25, 0.3) is 0 Å². The Hall–Kier alpha value is -1.87. The van der Waals surface area contributed by atoms with Crippen molar-refractivity contribution in [1.82, 2.24) is 20.4 Å². The first-order chi connectivity index (χ1) is 16.0. The predicted octanol–water partition coefficient (Wildman–Crippen LogP) is 5.44. The van der Waals surface area contributed by atoms with Crippen LogP contribution in [0.4, 0.5) is 0 Å². The lowest BCUT2D eigenvalue weighted by Gasteiger charge is -2.16. The van der Waals surface area contributed by atoms with Gasteiger partial charge >= 0.3 is 0 Å². The number of carbonyl (C=O) groups is 1. The van der Waals surface area contributed by atoms with Gasteiger partial charge in [-0.05, 0) is 29.0 Å². The maximum absolute atomic E-state index is 12.4. The molecule has 0 radical (unpaired) electrons. The van der Waals surface area contributed by atoms with Gasteiger partial charge in [0.25, 0.3) is 0 Å². The van der Waals surface area contributed by atoms with Crippen LogP contribution in [0.1, 0.15) is 42.9 Å². The van der Waals surface area contributed by atoms with Gasteiger partial charge in [-0.1, -0.05) is 103 Å². The third kappa shape index (κ3) is 7.57. The van der Waals surface area contributed by atoms with E-state index < -0.39 is 0 Å². The Morgan fingerprint density at radius 3 is 2.52 bits per heavy atom. The molecule has 1 aliphatic heterocycles. The molecule has 1 aromatic heterocycles. The molecule has 8 heteroatoms. The number of rotatable bonds is 10. The van der Waals surface area contributed by atoms with E-state index in [1.165, 1.54) is 28.5 Å². The molecule has 174 valence electrons. The van der Waals surface area contributed by atoms with E-state index in [9.17, 15) is 4.79 Å². The molecule has 1 aliphatic rings. The Bertz CT molecular complexity index is 1020. The molecule has 5 nitrogen and oxygen atoms in total. The topological polar surface area (TPSA) is 58.1 Å². The summed E-state index contributed by atoms with van der Waals surface area (Å²) in [5, 5.41) is 11.7. The third-order valence-corrected chi connectivity index (χ3v) is 8.87. The van der Waals surface area contributed by atoms with E-state index >= 15 is 0 Å². The number of amides is 1. The normalized spacial score (nSPS) is 16.4. The summed E-state index contributed by atoms with van der Waals surface area (Å²) in [4.78, 5) is 14.8. The van der Waals surface area contributed by atoms with E-state index in [4.69, 9.17) is 0 Å². The van der Waals surface area contributed by atoms with E-state index in [2.05, 4.69) is 82.8 Å². The summed E-state index contributed by atoms with van der Waals surface area (Å²) >= 11 is 4.73. The summed E-state index contributed by atoms with van der Waals surface area (Å²) < 4.78 is 1.79. The minimum absolute atomic E-state index is 0.0706. The molecule has 1 fully saturated rings. The number of hydrogen-bond acceptors (Lipinski definition) is 7. The molecule has 0 bridgehead atoms. The van der Waals surface area contributed by atoms with Crippen LogP contribution in [-0.4, -0.2) is 45.9 Å². The van der Waals surface area contributed by atoms with Gasteiger partial charge in [-0.15, -0.1) is 10.2 Å². The highest BCUT2D eigenvalue weighted by Crippen LogP contribution is 2.31. The third-order valence-electron chi connectivity index (χ3n) is 5.61. The average molecular weight is 499 g/mol. The first-order valence-corrected chi connectivity index (χ1v) is 14.1. The number of hydrogen-bond donors (Lipinski definition) is 1. The van der Waals surface area contributed by atoms with Gasteiger partial charge in [0, 0.05) is 31.4 Å². The Balaban J connectivity index is 1.16. The standard InChI is InChI=1S/C25H30N4OS3/c1-18(2)21-10-8-20(9-11-21)16-31-24-27-28-25(33-24)32-17-23(30)26-22-12-13-29(15-22)14-19-6-4-3-5-7-19/h3-11,18,22H,12-17H2,1-2H3,(H,26,30)/t22-/m0/s1. The van der Waals surface area contributed by atoms with Crippen LogP contribution in [0.3, 0.4) is 0 Å². The van der Waals surface area contributed by atoms with E-state index in [0.29, 0.717) is 11.7 Å². The fourth-order valence-corrected chi connectivity index (χ4v) is 6.58. The summed E-state index contributed by atoms with van der Waals surface area (Å²) in [7, 11) is 0. The second kappa shape index (κ2) is 12.0. The quantitative estimate of drug-likeness (QED) is 0.376. The molecule has 2 aromatic carbocycles. The summed E-state index contributed by atoms with van der Waals surface area (Å²) in [5.74, 6) is 1.87. The molecule has 4 rings (SSSR count). The van der Waals surface area contributed by atoms with Gasteiger partial charge in [-0.25, -0.2) is 0 Å². The van der Waals surface area contributed by atoms with Crippen molar-refractivity contribution in [3.8, 4) is 0 Å². The number of nitrogens with zero attached hydrogens (tertiary/aromatic N) is 3. The number of carbonyl (C=O) groups excluding carboxylic acids is 1. The Labute approximate surface area is 208 Å². The summed E-state index contributed by atoms with van der Waals surface area (Å²) in [6.07, 6.45) is 1.00. The molecule has 2 heterocycles. The molecule has 1 atom stereocenters. The maximum atomic E-state index is 12.4. The van der Waals surface area contributed by atoms with Crippen LogP contribution in [-0.2, 0) is 17.1 Å². The van der Waals surface area contributed by atoms with Gasteiger partial charge in [0.05, 0.1) is 5.75 Å². The molecule has 0 aliphatic carbocycles. The zero-order valence-electron chi connectivity index (χ0n) is 19.1. The largest absolute Gasteiger partial charge is 0.351 e. The van der Waals surface area contributed by atoms with Crippen molar-refractivity contribution in [1.29, 1.82) is 0 Å². The van der Waals surface area contributed by atoms with Gasteiger partial charge in [-0.2, -0.15) is 0 Å². The Morgan fingerprint density at radius 1 is 1.06 bits per heavy atom. The molecule has 0 saturated carbocycles. The van der Waals surface area contributed by atoms with Crippen LogP contribution >= 0.6 is 34.9 Å². The minimum atomic E-state index is 0.0706. The molecule has 0 unspecified atom stereocenters. The van der Waals surface area contributed by atoms with Gasteiger partial charge in [0.2, 0.25) is 5.91 Å². The van der Waals surface area contributed by atoms with E-state index in [1.54, 1.807) is 23.1 Å². The molecular weight excluding hydrogens is 469 g/mol. The van der Waals surface area contributed by atoms with Crippen LogP contribution in [0.5, 0.6) is 0 Å². The lowest BCUT2D eigenvalue weighted by molar-refractivity contribution is -0.119. The summed E-state index contributed by atoms with van der Waals surface area (Å²) in [6.45, 7) is 7.28. The summed E-state index contributed by atoms with van der Waals surface area (Å²) in [5.41, 5.74) is 3.96. The van der Waals surface area contributed by atoms with E-state index in [1.807, 2.05) is 6.07 Å². The van der Waals surface area contributed by atoms with Gasteiger partial charge < -0.3 is 5.32 Å². The van der Waals surface area contributed by atoms with Crippen molar-refractivity contribution < 1.29 is 4.79 Å². The van der Waals surface area contributed by atoms with Crippen LogP contribution in [0.15, 0.2) is 63.3 Å². The molecule has 0 spiro atoms. The molecule has 1 saturated heterocycles. The average Bonchev–Trinajstić information content (AvgIpc) is 3.46. The van der Waals surface area contributed by atoms with E-state index in [-0.39, 0.29) is 11.9 Å². The highest BCUT2D eigenvalue weighted by Gasteiger charge is 2.24. The lowest BCUT2D eigenvalue weighted by atomic mass is 10.0. The van der Waals surface area contributed by atoms with E-state index in [0.717, 1.165) is 40.5 Å². The number of nitrogens with one attached hydrogen (secondary N) is 1. The zero-order chi connectivity index (χ0) is 23.0. The van der Waals surface area contributed by atoms with Crippen molar-refractivity contribution in [2.24, 2.45) is 0 Å². The van der Waals surface area contributed by atoms with Crippen LogP contribution < -0.4 is 5.32 Å². The van der Waals surface area contributed by atoms with Crippen molar-refractivity contribution in [3.63, 3.8) is 0 Å².